The molecule has 0 saturated heterocycles. The quantitative estimate of drug-likeness (QED) is 0.156. The van der Waals surface area contributed by atoms with Crippen molar-refractivity contribution in [3.63, 3.8) is 0 Å². The Hall–Kier alpha value is -2.34. The van der Waals surface area contributed by atoms with E-state index < -0.39 is 23.5 Å². The number of aliphatic hydroxyl groups is 2. The normalized spacial score (nSPS) is 13.3. The first kappa shape index (κ1) is 26.7. The van der Waals surface area contributed by atoms with Crippen molar-refractivity contribution in [2.75, 3.05) is 25.4 Å². The average molecular weight is 458 g/mol. The van der Waals surface area contributed by atoms with Crippen LogP contribution in [0.1, 0.15) is 25.8 Å². The molecule has 10 nitrogen and oxygen atoms in total. The zero-order valence-corrected chi connectivity index (χ0v) is 18.4. The van der Waals surface area contributed by atoms with E-state index in [2.05, 4.69) is 10.6 Å². The lowest BCUT2D eigenvalue weighted by Gasteiger charge is -2.27. The molecular weight excluding hydrogens is 426 g/mol. The van der Waals surface area contributed by atoms with Crippen molar-refractivity contribution in [2.24, 2.45) is 11.1 Å². The van der Waals surface area contributed by atoms with Gasteiger partial charge in [0, 0.05) is 30.7 Å². The SMILES string of the molecule is CC(C)(CO)C(O)C(=O)NCCC(=O)NCCSC(=O)[C@@H](N)Cc1ccc(O)c(O)c1. The monoisotopic (exact) mass is 457 g/mol. The molecule has 2 amide bonds. The van der Waals surface area contributed by atoms with Crippen LogP contribution in [0.15, 0.2) is 18.2 Å². The number of hydrogen-bond acceptors (Lipinski definition) is 9. The highest BCUT2D eigenvalue weighted by Gasteiger charge is 2.32. The summed E-state index contributed by atoms with van der Waals surface area (Å²) in [5, 5.41) is 42.6. The molecule has 0 fully saturated rings. The maximum absolute atomic E-state index is 12.1. The Morgan fingerprint density at radius 3 is 2.42 bits per heavy atom. The van der Waals surface area contributed by atoms with Crippen molar-refractivity contribution >= 4 is 28.7 Å². The van der Waals surface area contributed by atoms with Crippen LogP contribution in [0.3, 0.4) is 0 Å². The Morgan fingerprint density at radius 2 is 1.81 bits per heavy atom. The number of aromatic hydroxyl groups is 2. The van der Waals surface area contributed by atoms with Gasteiger partial charge in [-0.15, -0.1) is 0 Å². The Bertz CT molecular complexity index is 773. The fourth-order valence-corrected chi connectivity index (χ4v) is 3.11. The maximum atomic E-state index is 12.1. The zero-order chi connectivity index (χ0) is 23.6. The summed E-state index contributed by atoms with van der Waals surface area (Å²) < 4.78 is 0. The number of nitrogens with two attached hydrogens (primary N) is 1. The van der Waals surface area contributed by atoms with Gasteiger partial charge >= 0.3 is 0 Å². The number of phenolic OH excluding ortho intramolecular Hbond substituents is 2. The van der Waals surface area contributed by atoms with E-state index in [4.69, 9.17) is 10.8 Å². The van der Waals surface area contributed by atoms with Gasteiger partial charge in [0.2, 0.25) is 16.9 Å². The van der Waals surface area contributed by atoms with Gasteiger partial charge in [0.1, 0.15) is 6.10 Å². The van der Waals surface area contributed by atoms with Crippen LogP contribution in [-0.2, 0) is 20.8 Å². The largest absolute Gasteiger partial charge is 0.504 e. The lowest BCUT2D eigenvalue weighted by Crippen LogP contribution is -2.46. The molecule has 11 heteroatoms. The van der Waals surface area contributed by atoms with E-state index in [-0.39, 0.29) is 55.1 Å². The average Bonchev–Trinajstić information content (AvgIpc) is 2.72. The Balaban J connectivity index is 2.23. The standard InChI is InChI=1S/C20H31N3O7S/c1-20(2,11-24)17(28)18(29)23-6-5-16(27)22-7-8-31-19(30)13(21)9-12-3-4-14(25)15(26)10-12/h3-4,10,13,17,24-26,28H,5-9,11,21H2,1-2H3,(H,22,27)(H,23,29)/t13-,17?/m0/s1. The van der Waals surface area contributed by atoms with Crippen molar-refractivity contribution in [3.05, 3.63) is 23.8 Å². The molecular formula is C20H31N3O7S. The fraction of sp³-hybridized carbons (Fsp3) is 0.550. The smallest absolute Gasteiger partial charge is 0.249 e. The van der Waals surface area contributed by atoms with Gasteiger partial charge in [-0.25, -0.2) is 0 Å². The second kappa shape index (κ2) is 12.5. The number of nitrogens with one attached hydrogen (secondary N) is 2. The lowest BCUT2D eigenvalue weighted by atomic mass is 9.87. The van der Waals surface area contributed by atoms with Gasteiger partial charge in [-0.05, 0) is 24.1 Å². The molecule has 0 aliphatic heterocycles. The maximum Gasteiger partial charge on any atom is 0.249 e. The number of benzene rings is 1. The summed E-state index contributed by atoms with van der Waals surface area (Å²) >= 11 is 0.974. The van der Waals surface area contributed by atoms with Crippen LogP contribution in [0.2, 0.25) is 0 Å². The van der Waals surface area contributed by atoms with Gasteiger partial charge in [-0.1, -0.05) is 31.7 Å². The van der Waals surface area contributed by atoms with Gasteiger partial charge in [-0.2, -0.15) is 0 Å². The van der Waals surface area contributed by atoms with Crippen molar-refractivity contribution < 1.29 is 34.8 Å². The van der Waals surface area contributed by atoms with E-state index in [9.17, 15) is 29.7 Å². The third kappa shape index (κ3) is 9.13. The topological polar surface area (TPSA) is 182 Å². The minimum absolute atomic E-state index is 0.000482. The lowest BCUT2D eigenvalue weighted by molar-refractivity contribution is -0.137. The molecule has 1 unspecified atom stereocenters. The number of carbonyl (C=O) groups excluding carboxylic acids is 3. The molecule has 0 aliphatic carbocycles. The number of hydrogen-bond donors (Lipinski definition) is 7. The second-order valence-electron chi connectivity index (χ2n) is 7.74. The predicted molar refractivity (Wildman–Crippen MR) is 116 cm³/mol. The van der Waals surface area contributed by atoms with Crippen molar-refractivity contribution in [1.29, 1.82) is 0 Å². The zero-order valence-electron chi connectivity index (χ0n) is 17.6. The summed E-state index contributed by atoms with van der Waals surface area (Å²) in [7, 11) is 0. The molecule has 1 aromatic carbocycles. The molecule has 0 saturated carbocycles. The summed E-state index contributed by atoms with van der Waals surface area (Å²) in [5.41, 5.74) is 5.48. The van der Waals surface area contributed by atoms with Crippen molar-refractivity contribution in [3.8, 4) is 11.5 Å². The minimum Gasteiger partial charge on any atom is -0.504 e. The highest BCUT2D eigenvalue weighted by Crippen LogP contribution is 2.25. The van der Waals surface area contributed by atoms with Crippen LogP contribution in [-0.4, -0.2) is 75.0 Å². The van der Waals surface area contributed by atoms with Gasteiger partial charge in [0.15, 0.2) is 11.5 Å². The Kier molecular flexibility index (Phi) is 10.8. The van der Waals surface area contributed by atoms with E-state index in [0.29, 0.717) is 11.3 Å². The van der Waals surface area contributed by atoms with Crippen LogP contribution in [0.25, 0.3) is 0 Å². The minimum atomic E-state index is -1.39. The first-order valence-corrected chi connectivity index (χ1v) is 10.7. The molecule has 0 aliphatic rings. The highest BCUT2D eigenvalue weighted by atomic mass is 32.2. The second-order valence-corrected chi connectivity index (χ2v) is 8.84. The predicted octanol–water partition coefficient (Wildman–Crippen LogP) is -0.771. The third-order valence-corrected chi connectivity index (χ3v) is 5.51. The third-order valence-electron chi connectivity index (χ3n) is 4.51. The summed E-state index contributed by atoms with van der Waals surface area (Å²) in [5.74, 6) is -1.21. The number of aliphatic hydroxyl groups excluding tert-OH is 2. The molecule has 31 heavy (non-hydrogen) atoms. The summed E-state index contributed by atoms with van der Waals surface area (Å²) in [6, 6.07) is 3.43. The van der Waals surface area contributed by atoms with Gasteiger partial charge in [0.05, 0.1) is 12.6 Å². The van der Waals surface area contributed by atoms with Crippen LogP contribution < -0.4 is 16.4 Å². The summed E-state index contributed by atoms with van der Waals surface area (Å²) in [6.07, 6.45) is -1.19. The number of carbonyl (C=O) groups is 3. The molecule has 0 aromatic heterocycles. The van der Waals surface area contributed by atoms with Crippen LogP contribution in [0.5, 0.6) is 11.5 Å². The molecule has 1 aromatic rings. The van der Waals surface area contributed by atoms with E-state index in [1.807, 2.05) is 0 Å². The molecule has 2 atom stereocenters. The first-order chi connectivity index (χ1) is 14.5. The van der Waals surface area contributed by atoms with Crippen LogP contribution >= 0.6 is 11.8 Å². The molecule has 0 heterocycles. The van der Waals surface area contributed by atoms with Crippen molar-refractivity contribution in [1.82, 2.24) is 10.6 Å². The van der Waals surface area contributed by atoms with E-state index in [1.165, 1.54) is 12.1 Å². The van der Waals surface area contributed by atoms with Crippen LogP contribution in [0, 0.1) is 5.41 Å². The van der Waals surface area contributed by atoms with E-state index >= 15 is 0 Å². The molecule has 0 radical (unpaired) electrons. The molecule has 1 rings (SSSR count). The van der Waals surface area contributed by atoms with Gasteiger partial charge < -0.3 is 36.8 Å². The van der Waals surface area contributed by atoms with Gasteiger partial charge in [0.25, 0.3) is 0 Å². The fourth-order valence-electron chi connectivity index (χ4n) is 2.41. The molecule has 8 N–H and O–H groups in total. The number of thioether (sulfide) groups is 1. The van der Waals surface area contributed by atoms with E-state index in [0.717, 1.165) is 11.8 Å². The first-order valence-electron chi connectivity index (χ1n) is 9.74. The molecule has 0 bridgehead atoms. The van der Waals surface area contributed by atoms with Crippen molar-refractivity contribution in [2.45, 2.75) is 38.8 Å². The van der Waals surface area contributed by atoms with Gasteiger partial charge in [-0.3, -0.25) is 14.4 Å². The Morgan fingerprint density at radius 1 is 1.13 bits per heavy atom. The van der Waals surface area contributed by atoms with Crippen LogP contribution in [0.4, 0.5) is 0 Å². The number of phenols is 2. The number of amides is 2. The molecule has 0 spiro atoms. The van der Waals surface area contributed by atoms with E-state index in [1.54, 1.807) is 19.9 Å². The number of rotatable bonds is 12. The highest BCUT2D eigenvalue weighted by molar-refractivity contribution is 8.13. The summed E-state index contributed by atoms with van der Waals surface area (Å²) in [6.45, 7) is 2.99. The summed E-state index contributed by atoms with van der Waals surface area (Å²) in [4.78, 5) is 35.7. The molecule has 174 valence electrons. The Labute approximate surface area is 185 Å².